The van der Waals surface area contributed by atoms with Gasteiger partial charge in [-0.1, -0.05) is 17.7 Å². The first-order chi connectivity index (χ1) is 11.5. The molecule has 1 atom stereocenters. The van der Waals surface area contributed by atoms with Crippen molar-refractivity contribution in [2.24, 2.45) is 0 Å². The van der Waals surface area contributed by atoms with E-state index in [1.165, 1.54) is 5.56 Å². The van der Waals surface area contributed by atoms with Gasteiger partial charge in [-0.3, -0.25) is 4.79 Å². The molecular weight excluding hydrogens is 302 g/mol. The second-order valence-corrected chi connectivity index (χ2v) is 6.82. The molecule has 1 N–H and O–H groups in total. The fourth-order valence-electron chi connectivity index (χ4n) is 2.90. The topological polar surface area (TPSA) is 44.8 Å². The van der Waals surface area contributed by atoms with Crippen LogP contribution in [0.3, 0.4) is 0 Å². The predicted molar refractivity (Wildman–Crippen MR) is 97.6 cm³/mol. The minimum absolute atomic E-state index is 0.0478. The Hall–Kier alpha value is -1.59. The molecule has 0 spiro atoms. The van der Waals surface area contributed by atoms with Crippen LogP contribution in [0.2, 0.25) is 0 Å². The molecule has 1 aliphatic heterocycles. The number of carbonyl (C=O) groups is 1. The van der Waals surface area contributed by atoms with E-state index in [1.54, 1.807) is 6.92 Å². The van der Waals surface area contributed by atoms with Crippen LogP contribution in [0.25, 0.3) is 0 Å². The van der Waals surface area contributed by atoms with E-state index in [2.05, 4.69) is 28.2 Å². The maximum atomic E-state index is 12.2. The second kappa shape index (κ2) is 9.04. The van der Waals surface area contributed by atoms with Crippen LogP contribution in [0.1, 0.15) is 24.5 Å². The molecule has 0 unspecified atom stereocenters. The van der Waals surface area contributed by atoms with Crippen LogP contribution in [-0.4, -0.2) is 68.1 Å². The lowest BCUT2D eigenvalue weighted by atomic mass is 10.1. The average molecular weight is 333 g/mol. The van der Waals surface area contributed by atoms with E-state index in [-0.39, 0.29) is 5.91 Å². The molecule has 1 amide bonds. The smallest absolute Gasteiger partial charge is 0.260 e. The highest BCUT2D eigenvalue weighted by atomic mass is 16.5. The molecule has 5 nitrogen and oxygen atoms in total. The first-order valence-electron chi connectivity index (χ1n) is 8.88. The number of hydrogen-bond acceptors (Lipinski definition) is 4. The third-order valence-electron chi connectivity index (χ3n) is 4.55. The zero-order chi connectivity index (χ0) is 17.5. The third-order valence-corrected chi connectivity index (χ3v) is 4.55. The van der Waals surface area contributed by atoms with E-state index in [4.69, 9.17) is 4.74 Å². The summed E-state index contributed by atoms with van der Waals surface area (Å²) < 4.78 is 5.79. The minimum Gasteiger partial charge on any atom is -0.481 e. The third kappa shape index (κ3) is 5.80. The number of likely N-dealkylation sites (N-methyl/N-ethyl adjacent to an activating group) is 1. The van der Waals surface area contributed by atoms with Crippen LogP contribution < -0.4 is 10.1 Å². The summed E-state index contributed by atoms with van der Waals surface area (Å²) in [6.07, 6.45) is 0.501. The van der Waals surface area contributed by atoms with Crippen LogP contribution >= 0.6 is 0 Å². The molecule has 0 aliphatic carbocycles. The molecule has 5 heteroatoms. The highest BCUT2D eigenvalue weighted by Gasteiger charge is 2.16. The Morgan fingerprint density at radius 3 is 2.62 bits per heavy atom. The Balaban J connectivity index is 1.66. The zero-order valence-electron chi connectivity index (χ0n) is 15.5. The van der Waals surface area contributed by atoms with Gasteiger partial charge in [0.05, 0.1) is 0 Å². The van der Waals surface area contributed by atoms with Crippen LogP contribution in [0.5, 0.6) is 5.75 Å². The van der Waals surface area contributed by atoms with Crippen molar-refractivity contribution >= 4 is 5.91 Å². The van der Waals surface area contributed by atoms with Crippen molar-refractivity contribution in [3.05, 3.63) is 29.3 Å². The average Bonchev–Trinajstić information content (AvgIpc) is 2.55. The Morgan fingerprint density at radius 2 is 1.96 bits per heavy atom. The number of carbonyl (C=O) groups excluding carboxylic acids is 1. The van der Waals surface area contributed by atoms with E-state index in [0.29, 0.717) is 6.54 Å². The zero-order valence-corrected chi connectivity index (χ0v) is 15.5. The fraction of sp³-hybridized carbons (Fsp3) is 0.632. The molecule has 0 radical (unpaired) electrons. The molecule has 1 aromatic carbocycles. The van der Waals surface area contributed by atoms with Crippen molar-refractivity contribution in [2.75, 3.05) is 46.3 Å². The van der Waals surface area contributed by atoms with Crippen LogP contribution in [0, 0.1) is 13.8 Å². The Kier molecular flexibility index (Phi) is 7.06. The summed E-state index contributed by atoms with van der Waals surface area (Å²) in [5, 5.41) is 2.98. The Morgan fingerprint density at radius 1 is 1.25 bits per heavy atom. The number of nitrogens with zero attached hydrogens (tertiary/aromatic N) is 2. The first-order valence-corrected chi connectivity index (χ1v) is 8.88. The summed E-state index contributed by atoms with van der Waals surface area (Å²) in [6.45, 7) is 12.1. The van der Waals surface area contributed by atoms with Crippen molar-refractivity contribution < 1.29 is 9.53 Å². The van der Waals surface area contributed by atoms with Crippen molar-refractivity contribution in [2.45, 2.75) is 33.3 Å². The van der Waals surface area contributed by atoms with Crippen LogP contribution in [-0.2, 0) is 4.79 Å². The fourth-order valence-corrected chi connectivity index (χ4v) is 2.90. The number of amides is 1. The van der Waals surface area contributed by atoms with Gasteiger partial charge < -0.3 is 19.9 Å². The number of ether oxygens (including phenoxy) is 1. The molecule has 1 heterocycles. The van der Waals surface area contributed by atoms with Gasteiger partial charge in [-0.05, 0) is 52.4 Å². The number of hydrogen-bond donors (Lipinski definition) is 1. The van der Waals surface area contributed by atoms with E-state index >= 15 is 0 Å². The lowest BCUT2D eigenvalue weighted by Crippen LogP contribution is -2.45. The summed E-state index contributed by atoms with van der Waals surface area (Å²) in [5.41, 5.74) is 2.26. The quantitative estimate of drug-likeness (QED) is 0.773. The molecule has 1 aliphatic rings. The highest BCUT2D eigenvalue weighted by molar-refractivity contribution is 5.80. The number of rotatable bonds is 7. The number of benzene rings is 1. The monoisotopic (exact) mass is 333 g/mol. The first kappa shape index (κ1) is 18.7. The molecule has 24 heavy (non-hydrogen) atoms. The molecule has 0 aromatic heterocycles. The second-order valence-electron chi connectivity index (χ2n) is 6.82. The summed E-state index contributed by atoms with van der Waals surface area (Å²) in [4.78, 5) is 17.0. The summed E-state index contributed by atoms with van der Waals surface area (Å²) >= 11 is 0. The van der Waals surface area contributed by atoms with Gasteiger partial charge in [0.2, 0.25) is 0 Å². The number of nitrogens with one attached hydrogen (secondary N) is 1. The summed E-state index contributed by atoms with van der Waals surface area (Å²) in [7, 11) is 2.16. The summed E-state index contributed by atoms with van der Waals surface area (Å²) in [5.74, 6) is 0.731. The minimum atomic E-state index is -0.477. The maximum Gasteiger partial charge on any atom is 0.260 e. The normalized spacial score (nSPS) is 17.5. The molecule has 1 saturated heterocycles. The molecule has 2 rings (SSSR count). The van der Waals surface area contributed by atoms with E-state index in [1.807, 2.05) is 26.0 Å². The van der Waals surface area contributed by atoms with Crippen LogP contribution in [0.15, 0.2) is 18.2 Å². The number of piperazine rings is 1. The van der Waals surface area contributed by atoms with Crippen molar-refractivity contribution in [1.82, 2.24) is 15.1 Å². The molecule has 134 valence electrons. The van der Waals surface area contributed by atoms with Crippen molar-refractivity contribution in [3.8, 4) is 5.75 Å². The number of aryl methyl sites for hydroxylation is 2. The van der Waals surface area contributed by atoms with Gasteiger partial charge in [0.1, 0.15) is 5.75 Å². The highest BCUT2D eigenvalue weighted by Crippen LogP contribution is 2.20. The molecule has 1 aromatic rings. The molecule has 0 saturated carbocycles. The molecule has 0 bridgehead atoms. The van der Waals surface area contributed by atoms with Gasteiger partial charge >= 0.3 is 0 Å². The lowest BCUT2D eigenvalue weighted by Gasteiger charge is -2.32. The van der Waals surface area contributed by atoms with Crippen molar-refractivity contribution in [3.63, 3.8) is 0 Å². The SMILES string of the molecule is Cc1ccc(O[C@H](C)C(=O)NCCCN2CCN(C)CC2)c(C)c1. The predicted octanol–water partition coefficient (Wildman–Crippen LogP) is 1.82. The van der Waals surface area contributed by atoms with E-state index in [0.717, 1.165) is 50.5 Å². The van der Waals surface area contributed by atoms with Gasteiger partial charge in [-0.25, -0.2) is 0 Å². The summed E-state index contributed by atoms with van der Waals surface area (Å²) in [6, 6.07) is 6.00. The van der Waals surface area contributed by atoms with Gasteiger partial charge in [0, 0.05) is 32.7 Å². The lowest BCUT2D eigenvalue weighted by molar-refractivity contribution is -0.127. The van der Waals surface area contributed by atoms with Gasteiger partial charge in [0.15, 0.2) is 6.10 Å². The Labute approximate surface area is 146 Å². The van der Waals surface area contributed by atoms with E-state index < -0.39 is 6.10 Å². The van der Waals surface area contributed by atoms with E-state index in [9.17, 15) is 4.79 Å². The van der Waals surface area contributed by atoms with Crippen LogP contribution in [0.4, 0.5) is 0 Å². The largest absolute Gasteiger partial charge is 0.481 e. The maximum absolute atomic E-state index is 12.2. The molecular formula is C19H31N3O2. The molecule has 1 fully saturated rings. The van der Waals surface area contributed by atoms with Gasteiger partial charge in [-0.2, -0.15) is 0 Å². The Bertz CT molecular complexity index is 539. The van der Waals surface area contributed by atoms with Crippen molar-refractivity contribution in [1.29, 1.82) is 0 Å². The van der Waals surface area contributed by atoms with Gasteiger partial charge in [0.25, 0.3) is 5.91 Å². The standard InChI is InChI=1S/C19H31N3O2/c1-15-6-7-18(16(2)14-15)24-17(3)19(23)20-8-5-9-22-12-10-21(4)11-13-22/h6-7,14,17H,5,8-13H2,1-4H3,(H,20,23)/t17-/m1/s1. The van der Waals surface area contributed by atoms with Gasteiger partial charge in [-0.15, -0.1) is 0 Å².